The first-order valence-electron chi connectivity index (χ1n) is 6.06. The summed E-state index contributed by atoms with van der Waals surface area (Å²) in [6, 6.07) is 0.743. The Morgan fingerprint density at radius 2 is 1.95 bits per heavy atom. The van der Waals surface area contributed by atoms with Crippen molar-refractivity contribution in [2.75, 3.05) is 0 Å². The number of hydrogen-bond acceptors (Lipinski definition) is 3. The van der Waals surface area contributed by atoms with Crippen LogP contribution in [0.2, 0.25) is 0 Å². The van der Waals surface area contributed by atoms with Crippen LogP contribution in [-0.4, -0.2) is 22.0 Å². The molecule has 3 nitrogen and oxygen atoms in total. The molecule has 0 saturated heterocycles. The van der Waals surface area contributed by atoms with Gasteiger partial charge in [-0.15, -0.1) is 0 Å². The lowest BCUT2D eigenvalue weighted by Crippen LogP contribution is -2.30. The molecule has 1 aromatic rings. The average molecular weight is 275 g/mol. The Bertz CT molecular complexity index is 442. The zero-order chi connectivity index (χ0) is 14.6. The maximum atomic E-state index is 12.8. The number of halogens is 3. The molecule has 0 aliphatic carbocycles. The van der Waals surface area contributed by atoms with Gasteiger partial charge in [0.05, 0.1) is 11.1 Å². The predicted octanol–water partition coefficient (Wildman–Crippen LogP) is 3.08. The van der Waals surface area contributed by atoms with Gasteiger partial charge in [-0.3, -0.25) is 9.78 Å². The van der Waals surface area contributed by atoms with Gasteiger partial charge in [-0.25, -0.2) is 0 Å². The Labute approximate surface area is 109 Å². The Morgan fingerprint density at radius 1 is 1.37 bits per heavy atom. The van der Waals surface area contributed by atoms with Crippen LogP contribution in [0.5, 0.6) is 0 Å². The van der Waals surface area contributed by atoms with Crippen LogP contribution < -0.4 is 0 Å². The van der Waals surface area contributed by atoms with Crippen molar-refractivity contribution in [3.8, 4) is 0 Å². The third-order valence-corrected chi connectivity index (χ3v) is 3.16. The topological polar surface area (TPSA) is 50.2 Å². The zero-order valence-electron chi connectivity index (χ0n) is 10.7. The molecule has 1 heterocycles. The minimum absolute atomic E-state index is 0.353. The molecule has 0 fully saturated rings. The van der Waals surface area contributed by atoms with Gasteiger partial charge in [0.15, 0.2) is 5.78 Å². The third kappa shape index (κ3) is 3.53. The molecule has 0 aromatic carbocycles. The highest BCUT2D eigenvalue weighted by molar-refractivity contribution is 6.00. The molecule has 0 saturated carbocycles. The van der Waals surface area contributed by atoms with E-state index in [1.54, 1.807) is 13.8 Å². The van der Waals surface area contributed by atoms with Crippen molar-refractivity contribution in [2.45, 2.75) is 39.0 Å². The average Bonchev–Trinajstić information content (AvgIpc) is 2.38. The van der Waals surface area contributed by atoms with Crippen LogP contribution in [0.25, 0.3) is 0 Å². The molecule has 1 atom stereocenters. The van der Waals surface area contributed by atoms with Gasteiger partial charge in [-0.2, -0.15) is 13.2 Å². The molecule has 0 amide bonds. The largest absolute Gasteiger partial charge is 0.417 e. The van der Waals surface area contributed by atoms with Crippen LogP contribution >= 0.6 is 0 Å². The molecule has 0 radical (unpaired) electrons. The van der Waals surface area contributed by atoms with Crippen LogP contribution in [0.15, 0.2) is 18.5 Å². The number of hydrogen-bond donors (Lipinski definition) is 1. The summed E-state index contributed by atoms with van der Waals surface area (Å²) in [5.74, 6) is -1.28. The maximum Gasteiger partial charge on any atom is 0.417 e. The molecule has 0 aliphatic rings. The lowest BCUT2D eigenvalue weighted by atomic mass is 9.90. The number of aliphatic hydroxyl groups excluding tert-OH is 1. The van der Waals surface area contributed by atoms with Crippen LogP contribution in [0.3, 0.4) is 0 Å². The molecular weight excluding hydrogens is 259 g/mol. The molecule has 0 aliphatic heterocycles. The van der Waals surface area contributed by atoms with E-state index in [1.165, 1.54) is 0 Å². The van der Waals surface area contributed by atoms with Gasteiger partial charge in [0.2, 0.25) is 0 Å². The van der Waals surface area contributed by atoms with Crippen molar-refractivity contribution in [3.05, 3.63) is 29.6 Å². The quantitative estimate of drug-likeness (QED) is 0.840. The third-order valence-electron chi connectivity index (χ3n) is 3.16. The number of carbonyl (C=O) groups excluding carboxylic acids is 1. The summed E-state index contributed by atoms with van der Waals surface area (Å²) in [6.45, 7) is 3.55. The minimum atomic E-state index is -4.64. The molecule has 19 heavy (non-hydrogen) atoms. The van der Waals surface area contributed by atoms with Crippen LogP contribution in [0.4, 0.5) is 13.2 Å². The summed E-state index contributed by atoms with van der Waals surface area (Å²) in [6.07, 6.45) is -3.20. The Kier molecular flexibility index (Phi) is 5.05. The molecule has 106 valence electrons. The molecule has 1 unspecified atom stereocenters. The summed E-state index contributed by atoms with van der Waals surface area (Å²) < 4.78 is 38.3. The zero-order valence-corrected chi connectivity index (χ0v) is 10.7. The highest BCUT2D eigenvalue weighted by Gasteiger charge is 2.37. The van der Waals surface area contributed by atoms with Gasteiger partial charge in [0.25, 0.3) is 0 Å². The molecule has 1 rings (SSSR count). The number of ketones is 1. The van der Waals surface area contributed by atoms with Gasteiger partial charge in [-0.1, -0.05) is 26.7 Å². The second kappa shape index (κ2) is 6.14. The first-order chi connectivity index (χ1) is 8.82. The fourth-order valence-electron chi connectivity index (χ4n) is 1.95. The van der Waals surface area contributed by atoms with Gasteiger partial charge in [0, 0.05) is 12.4 Å². The van der Waals surface area contributed by atoms with E-state index in [2.05, 4.69) is 4.98 Å². The van der Waals surface area contributed by atoms with Crippen LogP contribution in [0, 0.1) is 5.92 Å². The second-order valence-corrected chi connectivity index (χ2v) is 4.30. The van der Waals surface area contributed by atoms with E-state index in [0.29, 0.717) is 12.8 Å². The lowest BCUT2D eigenvalue weighted by Gasteiger charge is -2.20. The normalized spacial score (nSPS) is 13.6. The van der Waals surface area contributed by atoms with Crippen molar-refractivity contribution in [3.63, 3.8) is 0 Å². The van der Waals surface area contributed by atoms with Crippen molar-refractivity contribution in [1.29, 1.82) is 0 Å². The predicted molar refractivity (Wildman–Crippen MR) is 63.6 cm³/mol. The van der Waals surface area contributed by atoms with Crippen molar-refractivity contribution < 1.29 is 23.1 Å². The number of rotatable bonds is 5. The van der Waals surface area contributed by atoms with Crippen molar-refractivity contribution in [1.82, 2.24) is 4.98 Å². The first-order valence-corrected chi connectivity index (χ1v) is 6.06. The highest BCUT2D eigenvalue weighted by Crippen LogP contribution is 2.32. The second-order valence-electron chi connectivity index (χ2n) is 4.30. The summed E-state index contributed by atoms with van der Waals surface area (Å²) >= 11 is 0. The number of Topliss-reactive ketones (excluding diaryl/α,β-unsaturated/α-hetero) is 1. The highest BCUT2D eigenvalue weighted by atomic mass is 19.4. The van der Waals surface area contributed by atoms with Gasteiger partial charge >= 0.3 is 6.18 Å². The summed E-state index contributed by atoms with van der Waals surface area (Å²) in [4.78, 5) is 15.5. The number of aliphatic hydroxyl groups is 1. The number of pyridine rings is 1. The SMILES string of the molecule is CCC(CC)C(O)C(=O)c1cnccc1C(F)(F)F. The van der Waals surface area contributed by atoms with Gasteiger partial charge in [-0.05, 0) is 12.0 Å². The number of aromatic nitrogens is 1. The fraction of sp³-hybridized carbons (Fsp3) is 0.538. The van der Waals surface area contributed by atoms with E-state index in [9.17, 15) is 23.1 Å². The Hall–Kier alpha value is -1.43. The van der Waals surface area contributed by atoms with Crippen molar-refractivity contribution in [2.24, 2.45) is 5.92 Å². The fourth-order valence-corrected chi connectivity index (χ4v) is 1.95. The Balaban J connectivity index is 3.13. The monoisotopic (exact) mass is 275 g/mol. The maximum absolute atomic E-state index is 12.8. The summed E-state index contributed by atoms with van der Waals surface area (Å²) in [7, 11) is 0. The molecule has 1 N–H and O–H groups in total. The van der Waals surface area contributed by atoms with Crippen molar-refractivity contribution >= 4 is 5.78 Å². The minimum Gasteiger partial charge on any atom is -0.385 e. The first kappa shape index (κ1) is 15.6. The smallest absolute Gasteiger partial charge is 0.385 e. The van der Waals surface area contributed by atoms with E-state index in [0.717, 1.165) is 18.5 Å². The van der Waals surface area contributed by atoms with Crippen LogP contribution in [-0.2, 0) is 6.18 Å². The Morgan fingerprint density at radius 3 is 2.42 bits per heavy atom. The lowest BCUT2D eigenvalue weighted by molar-refractivity contribution is -0.138. The van der Waals surface area contributed by atoms with Gasteiger partial charge < -0.3 is 5.11 Å². The van der Waals surface area contributed by atoms with E-state index in [4.69, 9.17) is 0 Å². The molecule has 0 bridgehead atoms. The molecule has 0 spiro atoms. The summed E-state index contributed by atoms with van der Waals surface area (Å²) in [5, 5.41) is 9.88. The number of nitrogens with zero attached hydrogens (tertiary/aromatic N) is 1. The van der Waals surface area contributed by atoms with Crippen LogP contribution in [0.1, 0.15) is 42.6 Å². The number of carbonyl (C=O) groups is 1. The van der Waals surface area contributed by atoms with E-state index >= 15 is 0 Å². The standard InChI is InChI=1S/C13H16F3NO2/c1-3-8(4-2)11(18)12(19)9-7-17-6-5-10(9)13(14,15)16/h5-8,11,18H,3-4H2,1-2H3. The summed E-state index contributed by atoms with van der Waals surface area (Å²) in [5.41, 5.74) is -1.63. The van der Waals surface area contributed by atoms with E-state index in [-0.39, 0.29) is 5.92 Å². The van der Waals surface area contributed by atoms with E-state index in [1.807, 2.05) is 0 Å². The number of alkyl halides is 3. The molecule has 6 heteroatoms. The molecular formula is C13H16F3NO2. The molecule has 1 aromatic heterocycles. The van der Waals surface area contributed by atoms with E-state index < -0.39 is 29.2 Å². The van der Waals surface area contributed by atoms with Gasteiger partial charge in [0.1, 0.15) is 6.10 Å².